The maximum absolute atomic E-state index is 4.87. The van der Waals surface area contributed by atoms with Crippen molar-refractivity contribution in [2.24, 2.45) is 0 Å². The highest BCUT2D eigenvalue weighted by Crippen LogP contribution is 2.35. The Hall–Kier alpha value is -0.650. The van der Waals surface area contributed by atoms with Gasteiger partial charge in [0, 0.05) is 25.2 Å². The summed E-state index contributed by atoms with van der Waals surface area (Å²) < 4.78 is 3.59. The van der Waals surface area contributed by atoms with Gasteiger partial charge >= 0.3 is 0 Å². The topological polar surface area (TPSA) is 29.9 Å². The molecule has 0 aliphatic carbocycles. The highest BCUT2D eigenvalue weighted by molar-refractivity contribution is 9.11. The number of nitrogens with one attached hydrogen (secondary N) is 1. The second kappa shape index (κ2) is 5.15. The molecule has 0 saturated heterocycles. The van der Waals surface area contributed by atoms with Gasteiger partial charge in [-0.3, -0.25) is 0 Å². The van der Waals surface area contributed by atoms with Gasteiger partial charge in [0.15, 0.2) is 0 Å². The van der Waals surface area contributed by atoms with Crippen LogP contribution in [0, 0.1) is 0 Å². The highest BCUT2D eigenvalue weighted by atomic mass is 79.9. The number of fused-ring (bicyclic) bond motifs is 1. The first-order chi connectivity index (χ1) is 8.79. The second-order valence-electron chi connectivity index (χ2n) is 4.54. The summed E-state index contributed by atoms with van der Waals surface area (Å²) in [6, 6.07) is 4.27. The van der Waals surface area contributed by atoms with Crippen molar-refractivity contribution in [1.29, 1.82) is 0 Å². The van der Waals surface area contributed by atoms with Crippen molar-refractivity contribution >= 4 is 27.3 Å². The summed E-state index contributed by atoms with van der Waals surface area (Å²) in [6.07, 6.45) is 3.43. The first kappa shape index (κ1) is 12.4. The van der Waals surface area contributed by atoms with Crippen molar-refractivity contribution in [1.82, 2.24) is 14.9 Å². The van der Waals surface area contributed by atoms with Gasteiger partial charge in [-0.15, -0.1) is 11.3 Å². The molecule has 18 heavy (non-hydrogen) atoms. The SMILES string of the molecule is CNCCc1nc(-c2ccc(Br)s2)c2n1CCC2. The molecule has 2 aromatic rings. The normalized spacial score (nSPS) is 14.1. The van der Waals surface area contributed by atoms with Crippen molar-refractivity contribution in [3.63, 3.8) is 0 Å². The fraction of sp³-hybridized carbons (Fsp3) is 0.462. The Bertz CT molecular complexity index is 559. The van der Waals surface area contributed by atoms with Gasteiger partial charge in [0.25, 0.3) is 0 Å². The number of imidazole rings is 1. The summed E-state index contributed by atoms with van der Waals surface area (Å²) in [4.78, 5) is 6.15. The van der Waals surface area contributed by atoms with E-state index in [2.05, 4.69) is 37.9 Å². The first-order valence-electron chi connectivity index (χ1n) is 6.28. The average Bonchev–Trinajstić information content (AvgIpc) is 3.02. The highest BCUT2D eigenvalue weighted by Gasteiger charge is 2.22. The zero-order valence-corrected chi connectivity index (χ0v) is 12.8. The Morgan fingerprint density at radius 1 is 1.50 bits per heavy atom. The van der Waals surface area contributed by atoms with E-state index in [0.29, 0.717) is 0 Å². The van der Waals surface area contributed by atoms with Crippen LogP contribution in [0.4, 0.5) is 0 Å². The Kier molecular flexibility index (Phi) is 3.54. The van der Waals surface area contributed by atoms with Crippen LogP contribution in [-0.4, -0.2) is 23.1 Å². The molecule has 0 atom stereocenters. The maximum atomic E-state index is 4.87. The van der Waals surface area contributed by atoms with E-state index in [1.165, 1.54) is 32.3 Å². The van der Waals surface area contributed by atoms with E-state index < -0.39 is 0 Å². The molecule has 1 aliphatic heterocycles. The van der Waals surface area contributed by atoms with E-state index in [4.69, 9.17) is 4.98 Å². The van der Waals surface area contributed by atoms with Crippen LogP contribution >= 0.6 is 27.3 Å². The lowest BCUT2D eigenvalue weighted by molar-refractivity contribution is 0.663. The van der Waals surface area contributed by atoms with Gasteiger partial charge in [-0.25, -0.2) is 4.98 Å². The van der Waals surface area contributed by atoms with Crippen molar-refractivity contribution in [3.8, 4) is 10.6 Å². The lowest BCUT2D eigenvalue weighted by Gasteiger charge is -2.02. The molecular weight excluding hydrogens is 310 g/mol. The molecule has 96 valence electrons. The maximum Gasteiger partial charge on any atom is 0.110 e. The van der Waals surface area contributed by atoms with Crippen molar-refractivity contribution in [3.05, 3.63) is 27.4 Å². The number of rotatable bonds is 4. The summed E-state index contributed by atoms with van der Waals surface area (Å²) in [5.41, 5.74) is 2.63. The van der Waals surface area contributed by atoms with Crippen LogP contribution in [0.25, 0.3) is 10.6 Å². The predicted molar refractivity (Wildman–Crippen MR) is 79.2 cm³/mol. The van der Waals surface area contributed by atoms with Gasteiger partial charge < -0.3 is 9.88 Å². The van der Waals surface area contributed by atoms with Gasteiger partial charge in [-0.05, 0) is 48.0 Å². The Labute approximate surface area is 119 Å². The third-order valence-electron chi connectivity index (χ3n) is 3.35. The van der Waals surface area contributed by atoms with Crippen molar-refractivity contribution < 1.29 is 0 Å². The molecule has 5 heteroatoms. The molecule has 0 unspecified atom stereocenters. The molecule has 1 N–H and O–H groups in total. The molecule has 0 bridgehead atoms. The van der Waals surface area contributed by atoms with Crippen LogP contribution in [0.1, 0.15) is 17.9 Å². The minimum absolute atomic E-state index is 0.990. The molecule has 0 fully saturated rings. The number of thiophene rings is 1. The van der Waals surface area contributed by atoms with Gasteiger partial charge in [-0.1, -0.05) is 0 Å². The third kappa shape index (κ3) is 2.15. The minimum Gasteiger partial charge on any atom is -0.331 e. The van der Waals surface area contributed by atoms with Crippen LogP contribution in [0.2, 0.25) is 0 Å². The third-order valence-corrected chi connectivity index (χ3v) is 4.98. The molecule has 1 aliphatic rings. The Morgan fingerprint density at radius 3 is 3.11 bits per heavy atom. The van der Waals surface area contributed by atoms with Crippen LogP contribution in [0.3, 0.4) is 0 Å². The number of likely N-dealkylation sites (N-methyl/N-ethyl adjacent to an activating group) is 1. The zero-order valence-electron chi connectivity index (χ0n) is 10.4. The lowest BCUT2D eigenvalue weighted by atomic mass is 10.2. The van der Waals surface area contributed by atoms with E-state index in [0.717, 1.165) is 25.9 Å². The van der Waals surface area contributed by atoms with E-state index in [-0.39, 0.29) is 0 Å². The summed E-state index contributed by atoms with van der Waals surface area (Å²) in [7, 11) is 1.99. The Morgan fingerprint density at radius 2 is 2.39 bits per heavy atom. The van der Waals surface area contributed by atoms with E-state index in [9.17, 15) is 0 Å². The smallest absolute Gasteiger partial charge is 0.110 e. The quantitative estimate of drug-likeness (QED) is 0.936. The molecule has 0 amide bonds. The van der Waals surface area contributed by atoms with Crippen LogP contribution in [0.15, 0.2) is 15.9 Å². The van der Waals surface area contributed by atoms with E-state index in [1.807, 2.05) is 7.05 Å². The van der Waals surface area contributed by atoms with Gasteiger partial charge in [0.2, 0.25) is 0 Å². The molecule has 3 rings (SSSR count). The minimum atomic E-state index is 0.990. The molecule has 0 saturated carbocycles. The van der Waals surface area contributed by atoms with Crippen molar-refractivity contribution in [2.75, 3.05) is 13.6 Å². The van der Waals surface area contributed by atoms with Crippen LogP contribution < -0.4 is 5.32 Å². The first-order valence-corrected chi connectivity index (χ1v) is 7.89. The fourth-order valence-corrected chi connectivity index (χ4v) is 3.92. The second-order valence-corrected chi connectivity index (χ2v) is 7.00. The fourth-order valence-electron chi connectivity index (χ4n) is 2.53. The number of nitrogens with zero attached hydrogens (tertiary/aromatic N) is 2. The molecule has 0 spiro atoms. The number of aromatic nitrogens is 2. The zero-order chi connectivity index (χ0) is 12.5. The van der Waals surface area contributed by atoms with E-state index in [1.54, 1.807) is 11.3 Å². The Balaban J connectivity index is 2.00. The molecule has 3 nitrogen and oxygen atoms in total. The number of halogens is 1. The number of hydrogen-bond acceptors (Lipinski definition) is 3. The van der Waals surface area contributed by atoms with Crippen molar-refractivity contribution in [2.45, 2.75) is 25.8 Å². The lowest BCUT2D eigenvalue weighted by Crippen LogP contribution is -2.13. The molecule has 3 heterocycles. The molecule has 0 radical (unpaired) electrons. The largest absolute Gasteiger partial charge is 0.331 e. The van der Waals surface area contributed by atoms with Gasteiger partial charge in [0.05, 0.1) is 8.66 Å². The monoisotopic (exact) mass is 325 g/mol. The summed E-state index contributed by atoms with van der Waals surface area (Å²) >= 11 is 5.30. The van der Waals surface area contributed by atoms with Gasteiger partial charge in [-0.2, -0.15) is 0 Å². The molecule has 0 aromatic carbocycles. The summed E-state index contributed by atoms with van der Waals surface area (Å²) in [5.74, 6) is 1.23. The van der Waals surface area contributed by atoms with Crippen LogP contribution in [-0.2, 0) is 19.4 Å². The van der Waals surface area contributed by atoms with E-state index >= 15 is 0 Å². The number of hydrogen-bond donors (Lipinski definition) is 1. The summed E-state index contributed by atoms with van der Waals surface area (Å²) in [6.45, 7) is 2.12. The molecular formula is C13H16BrN3S. The predicted octanol–water partition coefficient (Wildman–Crippen LogP) is 3.08. The van der Waals surface area contributed by atoms with Crippen LogP contribution in [0.5, 0.6) is 0 Å². The van der Waals surface area contributed by atoms with Gasteiger partial charge in [0.1, 0.15) is 11.5 Å². The summed E-state index contributed by atoms with van der Waals surface area (Å²) in [5, 5.41) is 3.20. The molecule has 2 aromatic heterocycles. The average molecular weight is 326 g/mol. The standard InChI is InChI=1S/C13H16BrN3S/c1-15-7-6-12-16-13(9-3-2-8-17(9)12)10-4-5-11(14)18-10/h4-5,15H,2-3,6-8H2,1H3.